The molecule has 1 unspecified atom stereocenters. The number of likely N-dealkylation sites (tertiary alicyclic amines) is 1. The molecule has 5 heteroatoms. The Hall–Kier alpha value is -0.810. The van der Waals surface area contributed by atoms with Crippen molar-refractivity contribution in [3.8, 4) is 0 Å². The molecule has 1 aliphatic heterocycles. The normalized spacial score (nSPS) is 23.4. The van der Waals surface area contributed by atoms with E-state index in [2.05, 4.69) is 53.1 Å². The molecule has 0 amide bonds. The van der Waals surface area contributed by atoms with Crippen molar-refractivity contribution in [2.75, 3.05) is 33.2 Å². The van der Waals surface area contributed by atoms with Crippen molar-refractivity contribution < 1.29 is 0 Å². The van der Waals surface area contributed by atoms with Gasteiger partial charge in [0.15, 0.2) is 5.96 Å². The van der Waals surface area contributed by atoms with Gasteiger partial charge in [-0.2, -0.15) is 0 Å². The van der Waals surface area contributed by atoms with Gasteiger partial charge in [0, 0.05) is 57.4 Å². The minimum Gasteiger partial charge on any atom is -0.356 e. The summed E-state index contributed by atoms with van der Waals surface area (Å²) in [5, 5.41) is 7.14. The second-order valence-corrected chi connectivity index (χ2v) is 8.34. The number of hydrogen-bond acceptors (Lipinski definition) is 3. The van der Waals surface area contributed by atoms with Crippen molar-refractivity contribution in [3.05, 3.63) is 0 Å². The van der Waals surface area contributed by atoms with Crippen LogP contribution in [0.2, 0.25) is 0 Å². The van der Waals surface area contributed by atoms with Crippen LogP contribution >= 0.6 is 0 Å². The lowest BCUT2D eigenvalue weighted by atomic mass is 10.2. The summed E-state index contributed by atoms with van der Waals surface area (Å²) in [6.07, 6.45) is 8.05. The summed E-state index contributed by atoms with van der Waals surface area (Å²) < 4.78 is 0. The molecule has 0 aromatic heterocycles. The highest BCUT2D eigenvalue weighted by Crippen LogP contribution is 2.26. The van der Waals surface area contributed by atoms with Crippen LogP contribution in [-0.4, -0.2) is 73.2 Å². The van der Waals surface area contributed by atoms with E-state index in [1.807, 2.05) is 7.05 Å². The minimum atomic E-state index is 0.551. The summed E-state index contributed by atoms with van der Waals surface area (Å²) in [4.78, 5) is 9.67. The number of hydrogen-bond donors (Lipinski definition) is 2. The standard InChI is InChI=1S/C20H41N5/c1-16(2)25(17(3)4)13-8-12-22-20(21-5)23-18-11-14-24(15-18)19-9-6-7-10-19/h16-19H,6-15H2,1-5H3,(H2,21,22,23). The van der Waals surface area contributed by atoms with E-state index >= 15 is 0 Å². The molecule has 0 spiro atoms. The van der Waals surface area contributed by atoms with Gasteiger partial charge in [-0.3, -0.25) is 14.8 Å². The van der Waals surface area contributed by atoms with Crippen LogP contribution in [0.3, 0.4) is 0 Å². The summed E-state index contributed by atoms with van der Waals surface area (Å²) in [7, 11) is 1.88. The van der Waals surface area contributed by atoms with Gasteiger partial charge < -0.3 is 10.6 Å². The van der Waals surface area contributed by atoms with Gasteiger partial charge in [-0.1, -0.05) is 12.8 Å². The second-order valence-electron chi connectivity index (χ2n) is 8.34. The van der Waals surface area contributed by atoms with E-state index in [1.54, 1.807) is 0 Å². The molecular weight excluding hydrogens is 310 g/mol. The molecule has 2 fully saturated rings. The van der Waals surface area contributed by atoms with Gasteiger partial charge in [-0.15, -0.1) is 0 Å². The van der Waals surface area contributed by atoms with Crippen molar-refractivity contribution in [2.45, 2.75) is 90.4 Å². The number of nitrogens with zero attached hydrogens (tertiary/aromatic N) is 3. The number of nitrogens with one attached hydrogen (secondary N) is 2. The molecule has 0 aromatic rings. The maximum atomic E-state index is 4.42. The van der Waals surface area contributed by atoms with Crippen LogP contribution in [0.25, 0.3) is 0 Å². The molecule has 5 nitrogen and oxygen atoms in total. The van der Waals surface area contributed by atoms with E-state index in [9.17, 15) is 0 Å². The molecule has 0 bridgehead atoms. The van der Waals surface area contributed by atoms with Crippen LogP contribution in [0, 0.1) is 0 Å². The lowest BCUT2D eigenvalue weighted by molar-refractivity contribution is 0.173. The Morgan fingerprint density at radius 1 is 1.12 bits per heavy atom. The molecule has 1 aliphatic carbocycles. The third kappa shape index (κ3) is 6.45. The van der Waals surface area contributed by atoms with Gasteiger partial charge >= 0.3 is 0 Å². The molecule has 1 atom stereocenters. The SMILES string of the molecule is CN=C(NCCCN(C(C)C)C(C)C)NC1CCN(C2CCCC2)C1. The Morgan fingerprint density at radius 2 is 1.80 bits per heavy atom. The Kier molecular flexibility index (Phi) is 8.50. The predicted molar refractivity (Wildman–Crippen MR) is 108 cm³/mol. The first-order valence-electron chi connectivity index (χ1n) is 10.5. The molecule has 0 aromatic carbocycles. The van der Waals surface area contributed by atoms with Crippen molar-refractivity contribution in [3.63, 3.8) is 0 Å². The zero-order valence-electron chi connectivity index (χ0n) is 17.2. The first-order valence-corrected chi connectivity index (χ1v) is 10.5. The fourth-order valence-corrected chi connectivity index (χ4v) is 4.48. The van der Waals surface area contributed by atoms with Crippen molar-refractivity contribution >= 4 is 5.96 Å². The molecule has 2 rings (SSSR count). The van der Waals surface area contributed by atoms with Gasteiger partial charge in [0.1, 0.15) is 0 Å². The monoisotopic (exact) mass is 351 g/mol. The highest BCUT2D eigenvalue weighted by atomic mass is 15.3. The Balaban J connectivity index is 1.65. The van der Waals surface area contributed by atoms with Gasteiger partial charge in [0.25, 0.3) is 0 Å². The smallest absolute Gasteiger partial charge is 0.191 e. The van der Waals surface area contributed by atoms with Crippen molar-refractivity contribution in [1.82, 2.24) is 20.4 Å². The van der Waals surface area contributed by atoms with E-state index in [0.29, 0.717) is 18.1 Å². The number of guanidine groups is 1. The maximum Gasteiger partial charge on any atom is 0.191 e. The summed E-state index contributed by atoms with van der Waals surface area (Å²) in [6.45, 7) is 13.7. The molecule has 1 heterocycles. The summed E-state index contributed by atoms with van der Waals surface area (Å²) in [5.74, 6) is 0.971. The maximum absolute atomic E-state index is 4.42. The average molecular weight is 352 g/mol. The van der Waals surface area contributed by atoms with Gasteiger partial charge in [0.2, 0.25) is 0 Å². The van der Waals surface area contributed by atoms with Crippen molar-refractivity contribution in [1.29, 1.82) is 0 Å². The summed E-state index contributed by atoms with van der Waals surface area (Å²) in [5.41, 5.74) is 0. The third-order valence-electron chi connectivity index (χ3n) is 5.84. The molecule has 1 saturated carbocycles. The highest BCUT2D eigenvalue weighted by molar-refractivity contribution is 5.79. The van der Waals surface area contributed by atoms with Gasteiger partial charge in [-0.05, 0) is 53.4 Å². The van der Waals surface area contributed by atoms with Crippen LogP contribution in [-0.2, 0) is 0 Å². The lowest BCUT2D eigenvalue weighted by Gasteiger charge is -2.30. The van der Waals surface area contributed by atoms with Crippen LogP contribution in [0.4, 0.5) is 0 Å². The van der Waals surface area contributed by atoms with Crippen LogP contribution < -0.4 is 10.6 Å². The third-order valence-corrected chi connectivity index (χ3v) is 5.84. The molecule has 146 valence electrons. The molecule has 0 radical (unpaired) electrons. The van der Waals surface area contributed by atoms with E-state index in [-0.39, 0.29) is 0 Å². The molecule has 1 saturated heterocycles. The van der Waals surface area contributed by atoms with Crippen LogP contribution in [0.1, 0.15) is 66.2 Å². The average Bonchev–Trinajstić information content (AvgIpc) is 3.23. The lowest BCUT2D eigenvalue weighted by Crippen LogP contribution is -2.46. The largest absolute Gasteiger partial charge is 0.356 e. The Bertz CT molecular complexity index is 393. The zero-order valence-corrected chi connectivity index (χ0v) is 17.2. The summed E-state index contributed by atoms with van der Waals surface area (Å²) >= 11 is 0. The summed E-state index contributed by atoms with van der Waals surface area (Å²) in [6, 6.07) is 2.62. The number of aliphatic imine (C=N–C) groups is 1. The Morgan fingerprint density at radius 3 is 2.40 bits per heavy atom. The molecule has 25 heavy (non-hydrogen) atoms. The second kappa shape index (κ2) is 10.4. The van der Waals surface area contributed by atoms with Gasteiger partial charge in [0.05, 0.1) is 0 Å². The highest BCUT2D eigenvalue weighted by Gasteiger charge is 2.30. The first kappa shape index (κ1) is 20.5. The zero-order chi connectivity index (χ0) is 18.2. The fraction of sp³-hybridized carbons (Fsp3) is 0.950. The van der Waals surface area contributed by atoms with E-state index in [0.717, 1.165) is 31.5 Å². The first-order chi connectivity index (χ1) is 12.0. The van der Waals surface area contributed by atoms with Crippen LogP contribution in [0.15, 0.2) is 4.99 Å². The van der Waals surface area contributed by atoms with E-state index < -0.39 is 0 Å². The van der Waals surface area contributed by atoms with Crippen LogP contribution in [0.5, 0.6) is 0 Å². The minimum absolute atomic E-state index is 0.551. The predicted octanol–water partition coefficient (Wildman–Crippen LogP) is 2.68. The quantitative estimate of drug-likeness (QED) is 0.401. The Labute approximate surface area is 155 Å². The molecule has 2 N–H and O–H groups in total. The number of rotatable bonds is 8. The van der Waals surface area contributed by atoms with E-state index in [1.165, 1.54) is 45.2 Å². The topological polar surface area (TPSA) is 42.9 Å². The van der Waals surface area contributed by atoms with Gasteiger partial charge in [-0.25, -0.2) is 0 Å². The molecular formula is C20H41N5. The van der Waals surface area contributed by atoms with E-state index in [4.69, 9.17) is 0 Å². The molecule has 2 aliphatic rings. The van der Waals surface area contributed by atoms with Crippen molar-refractivity contribution in [2.24, 2.45) is 4.99 Å². The fourth-order valence-electron chi connectivity index (χ4n) is 4.48.